The van der Waals surface area contributed by atoms with E-state index in [-0.39, 0.29) is 11.6 Å². The van der Waals surface area contributed by atoms with Gasteiger partial charge in [0.25, 0.3) is 0 Å². The first-order valence-electron chi connectivity index (χ1n) is 5.08. The van der Waals surface area contributed by atoms with E-state index in [0.717, 1.165) is 29.3 Å². The van der Waals surface area contributed by atoms with Gasteiger partial charge in [0.05, 0.1) is 0 Å². The molecule has 0 heterocycles. The molecule has 0 amide bonds. The Bertz CT molecular complexity index is 366. The smallest absolute Gasteiger partial charge is 0.303 e. The van der Waals surface area contributed by atoms with Crippen LogP contribution in [0, 0.1) is 0 Å². The summed E-state index contributed by atoms with van der Waals surface area (Å²) in [5, 5.41) is 0. The Kier molecular flexibility index (Phi) is 2.83. The van der Waals surface area contributed by atoms with Crippen LogP contribution in [-0.2, 0) is 15.1 Å². The zero-order valence-corrected chi connectivity index (χ0v) is 10.2. The molecule has 80 valence electrons. The van der Waals surface area contributed by atoms with Crippen molar-refractivity contribution in [3.05, 3.63) is 34.3 Å². The van der Waals surface area contributed by atoms with Crippen LogP contribution in [0.15, 0.2) is 28.7 Å². The first-order valence-corrected chi connectivity index (χ1v) is 5.87. The predicted octanol–water partition coefficient (Wildman–Crippen LogP) is 3.39. The Morgan fingerprint density at radius 2 is 1.93 bits per heavy atom. The molecule has 1 aliphatic carbocycles. The number of hydrogen-bond donors (Lipinski definition) is 0. The minimum Gasteiger partial charge on any atom is -0.454 e. The molecule has 0 saturated heterocycles. The molecule has 1 aromatic rings. The highest BCUT2D eigenvalue weighted by molar-refractivity contribution is 9.10. The van der Waals surface area contributed by atoms with E-state index in [1.54, 1.807) is 0 Å². The number of ether oxygens (including phenoxy) is 1. The minimum absolute atomic E-state index is 0.197. The van der Waals surface area contributed by atoms with Crippen LogP contribution in [0.3, 0.4) is 0 Å². The fourth-order valence-electron chi connectivity index (χ4n) is 1.98. The summed E-state index contributed by atoms with van der Waals surface area (Å²) in [7, 11) is 0. The fourth-order valence-corrected chi connectivity index (χ4v) is 2.24. The van der Waals surface area contributed by atoms with Crippen LogP contribution in [0.25, 0.3) is 0 Å². The van der Waals surface area contributed by atoms with Crippen molar-refractivity contribution in [2.75, 3.05) is 0 Å². The van der Waals surface area contributed by atoms with Gasteiger partial charge in [0, 0.05) is 11.4 Å². The van der Waals surface area contributed by atoms with Crippen LogP contribution in [0.4, 0.5) is 0 Å². The van der Waals surface area contributed by atoms with E-state index >= 15 is 0 Å². The molecule has 0 spiro atoms. The molecule has 15 heavy (non-hydrogen) atoms. The van der Waals surface area contributed by atoms with Gasteiger partial charge in [-0.2, -0.15) is 0 Å². The summed E-state index contributed by atoms with van der Waals surface area (Å²) in [6.07, 6.45) is 3.01. The van der Waals surface area contributed by atoms with Crippen LogP contribution in [-0.4, -0.2) is 5.97 Å². The van der Waals surface area contributed by atoms with E-state index in [9.17, 15) is 4.79 Å². The van der Waals surface area contributed by atoms with Gasteiger partial charge in [-0.25, -0.2) is 0 Å². The largest absolute Gasteiger partial charge is 0.454 e. The zero-order chi connectivity index (χ0) is 10.9. The van der Waals surface area contributed by atoms with Gasteiger partial charge in [0.2, 0.25) is 0 Å². The van der Waals surface area contributed by atoms with Crippen molar-refractivity contribution in [3.8, 4) is 0 Å². The van der Waals surface area contributed by atoms with Crippen LogP contribution < -0.4 is 0 Å². The molecule has 2 nitrogen and oxygen atoms in total. The maximum absolute atomic E-state index is 11.1. The van der Waals surface area contributed by atoms with Crippen molar-refractivity contribution >= 4 is 21.9 Å². The fraction of sp³-hybridized carbons (Fsp3) is 0.417. The van der Waals surface area contributed by atoms with E-state index in [4.69, 9.17) is 4.74 Å². The number of esters is 1. The molecule has 0 bridgehead atoms. The molecule has 3 heteroatoms. The summed E-state index contributed by atoms with van der Waals surface area (Å²) in [6.45, 7) is 1.47. The molecule has 1 saturated carbocycles. The standard InChI is InChI=1S/C12H13BrO2/c1-9(14)15-12(7-2-8-12)10-3-5-11(13)6-4-10/h3-6H,2,7-8H2,1H3. The van der Waals surface area contributed by atoms with Gasteiger partial charge < -0.3 is 4.74 Å². The normalized spacial score (nSPS) is 18.0. The van der Waals surface area contributed by atoms with Crippen LogP contribution in [0.2, 0.25) is 0 Å². The van der Waals surface area contributed by atoms with Crippen LogP contribution in [0.5, 0.6) is 0 Å². The van der Waals surface area contributed by atoms with Crippen molar-refractivity contribution < 1.29 is 9.53 Å². The van der Waals surface area contributed by atoms with Gasteiger partial charge in [-0.3, -0.25) is 4.79 Å². The van der Waals surface area contributed by atoms with Gasteiger partial charge >= 0.3 is 5.97 Å². The second-order valence-corrected chi connectivity index (χ2v) is 4.86. The minimum atomic E-state index is -0.341. The Hall–Kier alpha value is -0.830. The average Bonchev–Trinajstić information content (AvgIpc) is 2.13. The number of halogens is 1. The highest BCUT2D eigenvalue weighted by Gasteiger charge is 2.41. The third-order valence-electron chi connectivity index (χ3n) is 2.87. The molecule has 1 aliphatic rings. The van der Waals surface area contributed by atoms with Gasteiger partial charge in [-0.05, 0) is 37.0 Å². The topological polar surface area (TPSA) is 26.3 Å². The van der Waals surface area contributed by atoms with E-state index in [1.807, 2.05) is 24.3 Å². The maximum Gasteiger partial charge on any atom is 0.303 e. The highest BCUT2D eigenvalue weighted by atomic mass is 79.9. The van der Waals surface area contributed by atoms with Crippen molar-refractivity contribution in [3.63, 3.8) is 0 Å². The lowest BCUT2D eigenvalue weighted by Gasteiger charge is -2.41. The maximum atomic E-state index is 11.1. The van der Waals surface area contributed by atoms with Gasteiger partial charge in [-0.15, -0.1) is 0 Å². The summed E-state index contributed by atoms with van der Waals surface area (Å²) >= 11 is 3.40. The molecule has 0 N–H and O–H groups in total. The molecule has 0 aliphatic heterocycles. The number of rotatable bonds is 2. The Morgan fingerprint density at radius 1 is 1.33 bits per heavy atom. The number of carbonyl (C=O) groups excluding carboxylic acids is 1. The molecular weight excluding hydrogens is 256 g/mol. The van der Waals surface area contributed by atoms with Gasteiger partial charge in [-0.1, -0.05) is 28.1 Å². The second kappa shape index (κ2) is 3.97. The quantitative estimate of drug-likeness (QED) is 0.769. The monoisotopic (exact) mass is 268 g/mol. The lowest BCUT2D eigenvalue weighted by Crippen LogP contribution is -2.38. The third-order valence-corrected chi connectivity index (χ3v) is 3.40. The van der Waals surface area contributed by atoms with Crippen molar-refractivity contribution in [1.82, 2.24) is 0 Å². The molecular formula is C12H13BrO2. The summed E-state index contributed by atoms with van der Waals surface area (Å²) in [6, 6.07) is 8.01. The van der Waals surface area contributed by atoms with Crippen molar-refractivity contribution in [1.29, 1.82) is 0 Å². The average molecular weight is 269 g/mol. The molecule has 0 radical (unpaired) electrons. The Labute approximate surface area is 97.8 Å². The van der Waals surface area contributed by atoms with Gasteiger partial charge in [0.1, 0.15) is 5.60 Å². The Balaban J connectivity index is 2.26. The summed E-state index contributed by atoms with van der Waals surface area (Å²) in [5.41, 5.74) is 0.763. The predicted molar refractivity (Wildman–Crippen MR) is 61.4 cm³/mol. The lowest BCUT2D eigenvalue weighted by molar-refractivity contribution is -0.168. The summed E-state index contributed by atoms with van der Waals surface area (Å²) < 4.78 is 6.49. The molecule has 1 aromatic carbocycles. The summed E-state index contributed by atoms with van der Waals surface area (Å²) in [5.74, 6) is -0.197. The molecule has 1 fully saturated rings. The SMILES string of the molecule is CC(=O)OC1(c2ccc(Br)cc2)CCC1. The molecule has 2 rings (SSSR count). The van der Waals surface area contributed by atoms with Gasteiger partial charge in [0.15, 0.2) is 0 Å². The van der Waals surface area contributed by atoms with Crippen molar-refractivity contribution in [2.45, 2.75) is 31.8 Å². The lowest BCUT2D eigenvalue weighted by atomic mass is 9.75. The first-order chi connectivity index (χ1) is 7.12. The van der Waals surface area contributed by atoms with E-state index in [2.05, 4.69) is 15.9 Å². The number of carbonyl (C=O) groups is 1. The van der Waals surface area contributed by atoms with Crippen molar-refractivity contribution in [2.24, 2.45) is 0 Å². The molecule has 0 aromatic heterocycles. The summed E-state index contributed by atoms with van der Waals surface area (Å²) in [4.78, 5) is 11.1. The molecule has 0 unspecified atom stereocenters. The van der Waals surface area contributed by atoms with E-state index < -0.39 is 0 Å². The first kappa shape index (κ1) is 10.7. The van der Waals surface area contributed by atoms with E-state index in [0.29, 0.717) is 0 Å². The Morgan fingerprint density at radius 3 is 2.33 bits per heavy atom. The van der Waals surface area contributed by atoms with Crippen LogP contribution in [0.1, 0.15) is 31.7 Å². The second-order valence-electron chi connectivity index (χ2n) is 3.95. The van der Waals surface area contributed by atoms with Crippen LogP contribution >= 0.6 is 15.9 Å². The number of hydrogen-bond acceptors (Lipinski definition) is 2. The molecule has 0 atom stereocenters. The van der Waals surface area contributed by atoms with E-state index in [1.165, 1.54) is 6.92 Å². The number of benzene rings is 1. The zero-order valence-electron chi connectivity index (χ0n) is 8.63. The highest BCUT2D eigenvalue weighted by Crippen LogP contribution is 2.45. The third kappa shape index (κ3) is 2.07.